The monoisotopic (exact) mass is 388 g/mol. The van der Waals surface area contributed by atoms with Crippen molar-refractivity contribution in [2.24, 2.45) is 7.05 Å². The lowest BCUT2D eigenvalue weighted by atomic mass is 9.93. The molecule has 0 unspecified atom stereocenters. The Hall–Kier alpha value is -3.73. The molecule has 1 aromatic carbocycles. The first-order chi connectivity index (χ1) is 14.1. The number of aromatic amines is 1. The van der Waals surface area contributed by atoms with Crippen molar-refractivity contribution >= 4 is 11.2 Å². The summed E-state index contributed by atoms with van der Waals surface area (Å²) in [5.74, 6) is 0.141. The van der Waals surface area contributed by atoms with E-state index >= 15 is 0 Å². The summed E-state index contributed by atoms with van der Waals surface area (Å²) in [5, 5.41) is 14.2. The SMILES string of the molecule is C[C@@H]1c2cc(F)ccc2OCCc2nn(C)c(C#N)c2-c2cnc3[nH]cc1c3n2. The Morgan fingerprint density at radius 2 is 2.21 bits per heavy atom. The van der Waals surface area contributed by atoms with Crippen molar-refractivity contribution in [1.82, 2.24) is 24.7 Å². The number of benzene rings is 1. The predicted molar refractivity (Wildman–Crippen MR) is 104 cm³/mol. The molecule has 8 heteroatoms. The van der Waals surface area contributed by atoms with E-state index in [9.17, 15) is 9.65 Å². The smallest absolute Gasteiger partial charge is 0.156 e. The van der Waals surface area contributed by atoms with Crippen LogP contribution in [-0.2, 0) is 13.5 Å². The van der Waals surface area contributed by atoms with Crippen LogP contribution in [0.3, 0.4) is 0 Å². The van der Waals surface area contributed by atoms with Crippen molar-refractivity contribution in [3.8, 4) is 23.1 Å². The van der Waals surface area contributed by atoms with Gasteiger partial charge in [-0.25, -0.2) is 14.4 Å². The summed E-state index contributed by atoms with van der Waals surface area (Å²) < 4.78 is 21.6. The number of hydrogen-bond donors (Lipinski definition) is 1. The van der Waals surface area contributed by atoms with Crippen molar-refractivity contribution in [2.75, 3.05) is 6.61 Å². The highest BCUT2D eigenvalue weighted by Crippen LogP contribution is 2.36. The fourth-order valence-corrected chi connectivity index (χ4v) is 3.93. The Kier molecular flexibility index (Phi) is 3.84. The molecule has 0 saturated heterocycles. The Labute approximate surface area is 165 Å². The summed E-state index contributed by atoms with van der Waals surface area (Å²) in [5.41, 5.74) is 5.36. The highest BCUT2D eigenvalue weighted by atomic mass is 19.1. The third-order valence-corrected chi connectivity index (χ3v) is 5.39. The number of hydrogen-bond acceptors (Lipinski definition) is 5. The summed E-state index contributed by atoms with van der Waals surface area (Å²) in [6.45, 7) is 2.33. The van der Waals surface area contributed by atoms with Crippen molar-refractivity contribution in [3.05, 3.63) is 58.9 Å². The standard InChI is InChI=1S/C21H17FN6O/c1-11-13-7-12(22)3-4-18(13)29-6-5-15-19(17(8-23)28(2)27-15)16-10-25-21-20(26-16)14(11)9-24-21/h3-4,7,9-11H,5-6H2,1-2H3,(H,24,25)/t11-/m1/s1. The molecule has 2 bridgehead atoms. The average molecular weight is 388 g/mol. The first-order valence-electron chi connectivity index (χ1n) is 9.29. The van der Waals surface area contributed by atoms with Crippen LogP contribution in [0.25, 0.3) is 22.4 Å². The molecule has 3 aromatic heterocycles. The van der Waals surface area contributed by atoms with Crippen LogP contribution in [0.5, 0.6) is 5.75 Å². The maximum absolute atomic E-state index is 14.0. The lowest BCUT2D eigenvalue weighted by Gasteiger charge is -2.17. The second kappa shape index (κ2) is 6.41. The van der Waals surface area contributed by atoms with E-state index in [-0.39, 0.29) is 11.7 Å². The fourth-order valence-electron chi connectivity index (χ4n) is 3.93. The van der Waals surface area contributed by atoms with Crippen molar-refractivity contribution in [3.63, 3.8) is 0 Å². The molecule has 5 rings (SSSR count). The van der Waals surface area contributed by atoms with Crippen LogP contribution in [0.2, 0.25) is 0 Å². The van der Waals surface area contributed by atoms with Gasteiger partial charge in [0.25, 0.3) is 0 Å². The van der Waals surface area contributed by atoms with Gasteiger partial charge in [-0.1, -0.05) is 6.92 Å². The molecule has 4 heterocycles. The minimum atomic E-state index is -0.316. The minimum absolute atomic E-state index is 0.165. The van der Waals surface area contributed by atoms with Gasteiger partial charge < -0.3 is 9.72 Å². The number of aryl methyl sites for hydroxylation is 1. The van der Waals surface area contributed by atoms with E-state index in [0.717, 1.165) is 11.1 Å². The molecule has 4 aromatic rings. The van der Waals surface area contributed by atoms with Crippen LogP contribution < -0.4 is 4.74 Å². The van der Waals surface area contributed by atoms with E-state index in [1.807, 2.05) is 13.1 Å². The number of rotatable bonds is 0. The van der Waals surface area contributed by atoms with E-state index in [0.29, 0.717) is 52.6 Å². The largest absolute Gasteiger partial charge is 0.493 e. The maximum Gasteiger partial charge on any atom is 0.156 e. The molecule has 1 N–H and O–H groups in total. The Balaban J connectivity index is 1.80. The summed E-state index contributed by atoms with van der Waals surface area (Å²) >= 11 is 0. The van der Waals surface area contributed by atoms with Crippen LogP contribution in [0.1, 0.15) is 35.4 Å². The van der Waals surface area contributed by atoms with Crippen LogP contribution >= 0.6 is 0 Å². The zero-order chi connectivity index (χ0) is 20.1. The number of fused-ring (bicyclic) bond motifs is 4. The molecule has 29 heavy (non-hydrogen) atoms. The van der Waals surface area contributed by atoms with Gasteiger partial charge in [0.1, 0.15) is 28.8 Å². The molecular weight excluding hydrogens is 371 g/mol. The number of nitriles is 1. The van der Waals surface area contributed by atoms with E-state index in [1.54, 1.807) is 24.0 Å². The normalized spacial score (nSPS) is 15.7. The fraction of sp³-hybridized carbons (Fsp3) is 0.238. The lowest BCUT2D eigenvalue weighted by molar-refractivity contribution is 0.315. The van der Waals surface area contributed by atoms with Gasteiger partial charge >= 0.3 is 0 Å². The Bertz CT molecular complexity index is 1300. The Morgan fingerprint density at radius 3 is 3.03 bits per heavy atom. The summed E-state index contributed by atoms with van der Waals surface area (Å²) in [6.07, 6.45) is 3.97. The zero-order valence-corrected chi connectivity index (χ0v) is 15.9. The quantitative estimate of drug-likeness (QED) is 0.498. The number of halogens is 1. The van der Waals surface area contributed by atoms with Crippen molar-refractivity contribution < 1.29 is 9.13 Å². The van der Waals surface area contributed by atoms with Gasteiger partial charge in [-0.05, 0) is 18.2 Å². The number of nitrogens with one attached hydrogen (secondary N) is 1. The number of nitrogens with zero attached hydrogens (tertiary/aromatic N) is 5. The maximum atomic E-state index is 14.0. The van der Waals surface area contributed by atoms with Crippen LogP contribution in [0, 0.1) is 17.1 Å². The number of ether oxygens (including phenoxy) is 1. The molecule has 0 spiro atoms. The molecule has 7 nitrogen and oxygen atoms in total. The molecule has 1 atom stereocenters. The first kappa shape index (κ1) is 17.4. The molecular formula is C21H17FN6O. The molecule has 0 fully saturated rings. The van der Waals surface area contributed by atoms with Crippen LogP contribution in [-0.4, -0.2) is 31.3 Å². The molecule has 0 aliphatic carbocycles. The second-order valence-corrected chi connectivity index (χ2v) is 7.10. The van der Waals surface area contributed by atoms with Gasteiger partial charge in [0, 0.05) is 36.7 Å². The van der Waals surface area contributed by atoms with Gasteiger partial charge in [-0.15, -0.1) is 0 Å². The topological polar surface area (TPSA) is 92.4 Å². The van der Waals surface area contributed by atoms with Crippen LogP contribution in [0.15, 0.2) is 30.6 Å². The van der Waals surface area contributed by atoms with Crippen molar-refractivity contribution in [1.29, 1.82) is 5.26 Å². The van der Waals surface area contributed by atoms with E-state index in [2.05, 4.69) is 21.1 Å². The molecule has 1 aliphatic rings. The zero-order valence-electron chi connectivity index (χ0n) is 15.9. The van der Waals surface area contributed by atoms with E-state index in [4.69, 9.17) is 9.72 Å². The highest BCUT2D eigenvalue weighted by molar-refractivity contribution is 5.80. The summed E-state index contributed by atoms with van der Waals surface area (Å²) in [7, 11) is 1.73. The van der Waals surface area contributed by atoms with Gasteiger partial charge in [-0.2, -0.15) is 10.4 Å². The second-order valence-electron chi connectivity index (χ2n) is 7.10. The van der Waals surface area contributed by atoms with Crippen LogP contribution in [0.4, 0.5) is 4.39 Å². The van der Waals surface area contributed by atoms with Crippen molar-refractivity contribution in [2.45, 2.75) is 19.3 Å². The molecule has 1 aliphatic heterocycles. The third-order valence-electron chi connectivity index (χ3n) is 5.39. The number of H-pyrrole nitrogens is 1. The lowest BCUT2D eigenvalue weighted by Crippen LogP contribution is -2.08. The number of aromatic nitrogens is 5. The van der Waals surface area contributed by atoms with Gasteiger partial charge in [-0.3, -0.25) is 4.68 Å². The summed E-state index contributed by atoms with van der Waals surface area (Å²) in [4.78, 5) is 12.5. The van der Waals surface area contributed by atoms with E-state index in [1.165, 1.54) is 12.1 Å². The third kappa shape index (κ3) is 2.66. The van der Waals surface area contributed by atoms with Gasteiger partial charge in [0.05, 0.1) is 29.8 Å². The van der Waals surface area contributed by atoms with Gasteiger partial charge in [0.2, 0.25) is 0 Å². The highest BCUT2D eigenvalue weighted by Gasteiger charge is 2.24. The molecule has 0 saturated carbocycles. The minimum Gasteiger partial charge on any atom is -0.493 e. The molecule has 144 valence electrons. The molecule has 0 amide bonds. The van der Waals surface area contributed by atoms with Gasteiger partial charge in [0.15, 0.2) is 5.65 Å². The average Bonchev–Trinajstić information content (AvgIpc) is 3.27. The van der Waals surface area contributed by atoms with E-state index < -0.39 is 0 Å². The first-order valence-corrected chi connectivity index (χ1v) is 9.29. The predicted octanol–water partition coefficient (Wildman–Crippen LogP) is 3.46. The molecule has 0 radical (unpaired) electrons. The summed E-state index contributed by atoms with van der Waals surface area (Å²) in [6, 6.07) is 6.76. The Morgan fingerprint density at radius 1 is 1.34 bits per heavy atom.